The number of nitro groups is 1. The molecule has 1 unspecified atom stereocenters. The molecule has 178 valence electrons. The number of amides is 1. The number of thioether (sulfide) groups is 1. The first-order chi connectivity index (χ1) is 16.8. The van der Waals surface area contributed by atoms with Gasteiger partial charge in [-0.2, -0.15) is 0 Å². The molecule has 3 aromatic carbocycles. The van der Waals surface area contributed by atoms with Gasteiger partial charge in [0.05, 0.1) is 10.5 Å². The summed E-state index contributed by atoms with van der Waals surface area (Å²) in [6.07, 6.45) is 0. The zero-order valence-corrected chi connectivity index (χ0v) is 20.1. The number of halogens is 2. The Hall–Kier alpha value is -3.69. The third-order valence-corrected chi connectivity index (χ3v) is 6.44. The highest BCUT2D eigenvalue weighted by molar-refractivity contribution is 8.13. The van der Waals surface area contributed by atoms with Crippen LogP contribution in [0.5, 0.6) is 0 Å². The fourth-order valence-corrected chi connectivity index (χ4v) is 4.65. The molecule has 1 amide bonds. The minimum atomic E-state index is -0.695. The van der Waals surface area contributed by atoms with Crippen LogP contribution in [0, 0.1) is 15.9 Å². The number of nitro benzene ring substituents is 1. The highest BCUT2D eigenvalue weighted by Gasteiger charge is 2.30. The molecule has 7 nitrogen and oxygen atoms in total. The lowest BCUT2D eigenvalue weighted by molar-refractivity contribution is -0.384. The number of carbonyl (C=O) groups excluding carboxylic acids is 1. The smallest absolute Gasteiger partial charge is 0.269 e. The van der Waals surface area contributed by atoms with Crippen LogP contribution in [0.25, 0.3) is 0 Å². The van der Waals surface area contributed by atoms with Gasteiger partial charge in [-0.15, -0.1) is 0 Å². The second-order valence-electron chi connectivity index (χ2n) is 7.73. The summed E-state index contributed by atoms with van der Waals surface area (Å²) in [7, 11) is 0. The predicted molar refractivity (Wildman–Crippen MR) is 137 cm³/mol. The fourth-order valence-electron chi connectivity index (χ4n) is 3.54. The van der Waals surface area contributed by atoms with Crippen molar-refractivity contribution in [2.45, 2.75) is 18.7 Å². The van der Waals surface area contributed by atoms with E-state index in [4.69, 9.17) is 16.6 Å². The zero-order chi connectivity index (χ0) is 24.9. The molecule has 0 radical (unpaired) electrons. The normalized spacial score (nSPS) is 15.3. The van der Waals surface area contributed by atoms with Crippen molar-refractivity contribution in [3.63, 3.8) is 0 Å². The quantitative estimate of drug-likeness (QED) is 0.302. The molecular weight excluding hydrogens is 491 g/mol. The van der Waals surface area contributed by atoms with E-state index in [1.807, 2.05) is 18.2 Å². The summed E-state index contributed by atoms with van der Waals surface area (Å²) in [5.41, 5.74) is 2.97. The van der Waals surface area contributed by atoms with E-state index >= 15 is 0 Å². The summed E-state index contributed by atoms with van der Waals surface area (Å²) in [6, 6.07) is 18.2. The standard InChI is InChI=1S/C25H20ClFN4O3S/c1-15-22(24(32)29-20-9-7-19(27)8-10-20)23(17-5-11-21(12-6-17)31(33)34)30-25(28-15)35-14-16-3-2-4-18(26)13-16/h2-13,23H,14H2,1H3,(H,28,30)(H,29,32). The van der Waals surface area contributed by atoms with Gasteiger partial charge >= 0.3 is 0 Å². The largest absolute Gasteiger partial charge is 0.338 e. The third kappa shape index (κ3) is 6.06. The number of nitrogens with one attached hydrogen (secondary N) is 2. The topological polar surface area (TPSA) is 96.6 Å². The Morgan fingerprint density at radius 1 is 1.17 bits per heavy atom. The Labute approximate surface area is 210 Å². The lowest BCUT2D eigenvalue weighted by Crippen LogP contribution is -2.32. The van der Waals surface area contributed by atoms with E-state index in [0.717, 1.165) is 5.56 Å². The molecule has 1 atom stereocenters. The van der Waals surface area contributed by atoms with Crippen LogP contribution in [0.15, 0.2) is 89.1 Å². The maximum Gasteiger partial charge on any atom is 0.269 e. The van der Waals surface area contributed by atoms with Gasteiger partial charge in [-0.05, 0) is 66.6 Å². The number of non-ortho nitro benzene ring substituents is 1. The van der Waals surface area contributed by atoms with Gasteiger partial charge in [0.25, 0.3) is 11.6 Å². The van der Waals surface area contributed by atoms with Crippen molar-refractivity contribution in [2.24, 2.45) is 4.99 Å². The van der Waals surface area contributed by atoms with Crippen molar-refractivity contribution in [1.29, 1.82) is 0 Å². The molecule has 0 aliphatic carbocycles. The summed E-state index contributed by atoms with van der Waals surface area (Å²) in [5.74, 6) is -0.218. The summed E-state index contributed by atoms with van der Waals surface area (Å²) in [4.78, 5) is 28.6. The number of rotatable bonds is 6. The van der Waals surface area contributed by atoms with Crippen LogP contribution in [0.4, 0.5) is 15.8 Å². The maximum absolute atomic E-state index is 13.3. The summed E-state index contributed by atoms with van der Waals surface area (Å²) in [5, 5.41) is 18.3. The first-order valence-electron chi connectivity index (χ1n) is 10.5. The number of nitrogens with zero attached hydrogens (tertiary/aromatic N) is 2. The number of anilines is 1. The summed E-state index contributed by atoms with van der Waals surface area (Å²) in [6.45, 7) is 1.77. The van der Waals surface area contributed by atoms with E-state index in [-0.39, 0.29) is 5.69 Å². The van der Waals surface area contributed by atoms with Crippen molar-refractivity contribution in [1.82, 2.24) is 5.32 Å². The van der Waals surface area contributed by atoms with Crippen LogP contribution < -0.4 is 10.6 Å². The van der Waals surface area contributed by atoms with Crippen LogP contribution in [0.2, 0.25) is 5.02 Å². The number of allylic oxidation sites excluding steroid dienone is 1. The van der Waals surface area contributed by atoms with Gasteiger partial charge in [0.1, 0.15) is 11.9 Å². The highest BCUT2D eigenvalue weighted by atomic mass is 35.5. The third-order valence-electron chi connectivity index (χ3n) is 5.25. The molecule has 1 aliphatic rings. The first kappa shape index (κ1) is 24.4. The molecule has 0 spiro atoms. The molecule has 35 heavy (non-hydrogen) atoms. The second kappa shape index (κ2) is 10.7. The molecule has 3 aromatic rings. The van der Waals surface area contributed by atoms with Gasteiger partial charge in [0.2, 0.25) is 0 Å². The van der Waals surface area contributed by atoms with Crippen LogP contribution >= 0.6 is 23.4 Å². The fraction of sp³-hybridized carbons (Fsp3) is 0.120. The average molecular weight is 511 g/mol. The lowest BCUT2D eigenvalue weighted by atomic mass is 9.95. The molecule has 1 aliphatic heterocycles. The van der Waals surface area contributed by atoms with Crippen LogP contribution in [0.1, 0.15) is 24.1 Å². The van der Waals surface area contributed by atoms with Crippen molar-refractivity contribution >= 4 is 45.8 Å². The van der Waals surface area contributed by atoms with Crippen LogP contribution in [0.3, 0.4) is 0 Å². The van der Waals surface area contributed by atoms with Gasteiger partial charge < -0.3 is 10.6 Å². The monoisotopic (exact) mass is 510 g/mol. The maximum atomic E-state index is 13.3. The van der Waals surface area contributed by atoms with E-state index in [1.165, 1.54) is 48.2 Å². The van der Waals surface area contributed by atoms with Crippen molar-refractivity contribution in [2.75, 3.05) is 5.32 Å². The molecule has 0 aromatic heterocycles. The lowest BCUT2D eigenvalue weighted by Gasteiger charge is -2.26. The van der Waals surface area contributed by atoms with E-state index in [2.05, 4.69) is 10.6 Å². The number of hydrogen-bond donors (Lipinski definition) is 2. The summed E-state index contributed by atoms with van der Waals surface area (Å²) < 4.78 is 13.3. The van der Waals surface area contributed by atoms with Gasteiger partial charge in [-0.25, -0.2) is 9.38 Å². The number of hydrogen-bond acceptors (Lipinski definition) is 6. The van der Waals surface area contributed by atoms with Gasteiger partial charge in [0, 0.05) is 34.3 Å². The Balaban J connectivity index is 1.63. The highest BCUT2D eigenvalue weighted by Crippen LogP contribution is 2.34. The number of amidine groups is 1. The number of aliphatic imine (C=N–C) groups is 1. The first-order valence-corrected chi connectivity index (χ1v) is 11.9. The molecule has 0 bridgehead atoms. The van der Waals surface area contributed by atoms with E-state index < -0.39 is 22.7 Å². The van der Waals surface area contributed by atoms with Crippen molar-refractivity contribution < 1.29 is 14.1 Å². The minimum absolute atomic E-state index is 0.0553. The molecule has 0 fully saturated rings. The zero-order valence-electron chi connectivity index (χ0n) is 18.5. The van der Waals surface area contributed by atoms with Gasteiger partial charge in [0.15, 0.2) is 5.17 Å². The van der Waals surface area contributed by atoms with Crippen molar-refractivity contribution in [3.05, 3.63) is 116 Å². The predicted octanol–water partition coefficient (Wildman–Crippen LogP) is 6.23. The molecule has 0 saturated heterocycles. The average Bonchev–Trinajstić information content (AvgIpc) is 2.84. The van der Waals surface area contributed by atoms with Crippen LogP contribution in [-0.4, -0.2) is 16.0 Å². The molecular formula is C25H20ClFN4O3S. The minimum Gasteiger partial charge on any atom is -0.338 e. The molecule has 10 heteroatoms. The Kier molecular flexibility index (Phi) is 7.48. The molecule has 0 saturated carbocycles. The molecule has 4 rings (SSSR count). The Morgan fingerprint density at radius 3 is 2.54 bits per heavy atom. The Bertz CT molecular complexity index is 1330. The van der Waals surface area contributed by atoms with E-state index in [0.29, 0.717) is 38.5 Å². The Morgan fingerprint density at radius 2 is 1.89 bits per heavy atom. The van der Waals surface area contributed by atoms with Crippen molar-refractivity contribution in [3.8, 4) is 0 Å². The van der Waals surface area contributed by atoms with Crippen LogP contribution in [-0.2, 0) is 10.5 Å². The van der Waals surface area contributed by atoms with E-state index in [1.54, 1.807) is 25.1 Å². The summed E-state index contributed by atoms with van der Waals surface area (Å²) >= 11 is 7.53. The second-order valence-corrected chi connectivity index (χ2v) is 9.13. The molecule has 1 heterocycles. The van der Waals surface area contributed by atoms with E-state index in [9.17, 15) is 19.3 Å². The van der Waals surface area contributed by atoms with Gasteiger partial charge in [-0.3, -0.25) is 14.9 Å². The SMILES string of the molecule is CC1=C(C(=O)Nc2ccc(F)cc2)C(c2ccc([N+](=O)[O-])cc2)N=C(SCc2cccc(Cl)c2)N1. The van der Waals surface area contributed by atoms with Gasteiger partial charge in [-0.1, -0.05) is 35.5 Å². The number of carbonyl (C=O) groups is 1. The number of benzene rings is 3. The molecule has 2 N–H and O–H groups in total.